The van der Waals surface area contributed by atoms with Gasteiger partial charge >= 0.3 is 7.82 Å². The Morgan fingerprint density at radius 1 is 1.55 bits per heavy atom. The Morgan fingerprint density at radius 2 is 2.00 bits per heavy atom. The fraction of sp³-hybridized carbons (Fsp3) is 0.600. The Balaban J connectivity index is 4.08. The van der Waals surface area contributed by atoms with E-state index in [2.05, 4.69) is 20.2 Å². The minimum absolute atomic E-state index is 0.874. The van der Waals surface area contributed by atoms with E-state index in [1.54, 1.807) is 0 Å². The third kappa shape index (κ3) is 3.89. The molecule has 0 spiro atoms. The van der Waals surface area contributed by atoms with Crippen LogP contribution in [0.3, 0.4) is 0 Å². The normalized spacial score (nSPS) is 14.5. The number of rotatable bonds is 5. The van der Waals surface area contributed by atoms with Gasteiger partial charge in [-0.2, -0.15) is 0 Å². The lowest BCUT2D eigenvalue weighted by Crippen LogP contribution is -2.01. The molecule has 0 amide bonds. The van der Waals surface area contributed by atoms with Crippen LogP contribution in [0.4, 0.5) is 0 Å². The third-order valence-electron chi connectivity index (χ3n) is 0.862. The summed E-state index contributed by atoms with van der Waals surface area (Å²) in [7, 11) is -1.05. The molecule has 0 heterocycles. The molecule has 4 nitrogen and oxygen atoms in total. The van der Waals surface area contributed by atoms with Gasteiger partial charge in [-0.3, -0.25) is 13.6 Å². The van der Waals surface area contributed by atoms with E-state index in [-0.39, 0.29) is 0 Å². The number of phosphoric ester groups is 1. The van der Waals surface area contributed by atoms with Crippen molar-refractivity contribution in [3.05, 3.63) is 12.7 Å². The molecule has 66 valence electrons. The van der Waals surface area contributed by atoms with Gasteiger partial charge in [-0.05, 0) is 6.08 Å². The number of hydrogen-bond acceptors (Lipinski definition) is 4. The Morgan fingerprint density at radius 3 is 2.27 bits per heavy atom. The average molecular weight is 201 g/mol. The summed E-state index contributed by atoms with van der Waals surface area (Å²) in [5.41, 5.74) is -0.874. The van der Waals surface area contributed by atoms with Crippen molar-refractivity contribution in [1.29, 1.82) is 0 Å². The van der Waals surface area contributed by atoms with Crippen molar-refractivity contribution in [2.45, 2.75) is 5.56 Å². The summed E-state index contributed by atoms with van der Waals surface area (Å²) in [6.07, 6.45) is 1.27. The van der Waals surface area contributed by atoms with Gasteiger partial charge < -0.3 is 0 Å². The molecule has 0 rings (SSSR count). The third-order valence-corrected chi connectivity index (χ3v) is 2.63. The summed E-state index contributed by atoms with van der Waals surface area (Å²) >= 11 is 5.43. The monoisotopic (exact) mass is 200 g/mol. The molecule has 0 saturated heterocycles. The van der Waals surface area contributed by atoms with Crippen LogP contribution in [0.15, 0.2) is 12.7 Å². The lowest BCUT2D eigenvalue weighted by atomic mass is 10.7. The average Bonchev–Trinajstić information content (AvgIpc) is 2.04. The zero-order valence-electron chi connectivity index (χ0n) is 6.32. The standard InChI is InChI=1S/C5H10ClO4P/c1-4-5(6)10-11(7,8-2)9-3/h4-5H,1H2,2-3H3. The summed E-state index contributed by atoms with van der Waals surface area (Å²) in [4.78, 5) is 0. The molecular formula is C5H10ClO4P. The highest BCUT2D eigenvalue weighted by atomic mass is 35.5. The van der Waals surface area contributed by atoms with Gasteiger partial charge in [0.1, 0.15) is 0 Å². The largest absolute Gasteiger partial charge is 0.476 e. The molecule has 0 aromatic heterocycles. The van der Waals surface area contributed by atoms with E-state index in [1.807, 2.05) is 0 Å². The number of halogens is 1. The minimum Gasteiger partial charge on any atom is -0.290 e. The van der Waals surface area contributed by atoms with E-state index in [0.29, 0.717) is 0 Å². The molecule has 6 heteroatoms. The lowest BCUT2D eigenvalue weighted by molar-refractivity contribution is 0.153. The maximum atomic E-state index is 11.1. The molecule has 0 bridgehead atoms. The predicted octanol–water partition coefficient (Wildman–Crippen LogP) is 2.15. The van der Waals surface area contributed by atoms with Crippen LogP contribution >= 0.6 is 19.4 Å². The maximum Gasteiger partial charge on any atom is 0.476 e. The summed E-state index contributed by atoms with van der Waals surface area (Å²) in [6, 6.07) is 0. The van der Waals surface area contributed by atoms with Gasteiger partial charge in [-0.1, -0.05) is 18.2 Å². The summed E-state index contributed by atoms with van der Waals surface area (Å²) in [6.45, 7) is 3.32. The van der Waals surface area contributed by atoms with Crippen LogP contribution in [0, 0.1) is 0 Å². The minimum atomic E-state index is -3.46. The molecule has 0 radical (unpaired) electrons. The molecule has 0 aromatic carbocycles. The van der Waals surface area contributed by atoms with Crippen molar-refractivity contribution >= 4 is 19.4 Å². The van der Waals surface area contributed by atoms with Crippen LogP contribution in [-0.2, 0) is 18.1 Å². The zero-order chi connectivity index (χ0) is 8.91. The first-order valence-corrected chi connectivity index (χ1v) is 4.64. The van der Waals surface area contributed by atoms with Gasteiger partial charge in [0.2, 0.25) is 0 Å². The van der Waals surface area contributed by atoms with Crippen LogP contribution in [0.1, 0.15) is 0 Å². The van der Waals surface area contributed by atoms with Crippen molar-refractivity contribution in [2.75, 3.05) is 14.2 Å². The topological polar surface area (TPSA) is 44.8 Å². The van der Waals surface area contributed by atoms with Crippen LogP contribution < -0.4 is 0 Å². The van der Waals surface area contributed by atoms with Gasteiger partial charge in [0.15, 0.2) is 5.56 Å². The van der Waals surface area contributed by atoms with Crippen LogP contribution in [-0.4, -0.2) is 19.8 Å². The molecular weight excluding hydrogens is 190 g/mol. The highest BCUT2D eigenvalue weighted by molar-refractivity contribution is 7.48. The van der Waals surface area contributed by atoms with Crippen molar-refractivity contribution in [3.63, 3.8) is 0 Å². The first-order chi connectivity index (χ1) is 5.08. The van der Waals surface area contributed by atoms with Gasteiger partial charge in [0, 0.05) is 14.2 Å². The molecule has 1 atom stereocenters. The molecule has 0 aliphatic carbocycles. The Bertz CT molecular complexity index is 164. The van der Waals surface area contributed by atoms with Gasteiger partial charge in [0.05, 0.1) is 0 Å². The second-order valence-electron chi connectivity index (χ2n) is 1.50. The quantitative estimate of drug-likeness (QED) is 0.388. The van der Waals surface area contributed by atoms with Gasteiger partial charge in [-0.15, -0.1) is 0 Å². The smallest absolute Gasteiger partial charge is 0.290 e. The summed E-state index contributed by atoms with van der Waals surface area (Å²) in [5.74, 6) is 0. The van der Waals surface area contributed by atoms with Gasteiger partial charge in [0.25, 0.3) is 0 Å². The highest BCUT2D eigenvalue weighted by Crippen LogP contribution is 2.49. The van der Waals surface area contributed by atoms with E-state index >= 15 is 0 Å². The SMILES string of the molecule is C=CC(Cl)OP(=O)(OC)OC. The second-order valence-corrected chi connectivity index (χ2v) is 3.77. The number of phosphoric acid groups is 1. The number of hydrogen-bond donors (Lipinski definition) is 0. The maximum absolute atomic E-state index is 11.1. The van der Waals surface area contributed by atoms with Crippen LogP contribution in [0.25, 0.3) is 0 Å². The highest BCUT2D eigenvalue weighted by Gasteiger charge is 2.25. The first kappa shape index (κ1) is 11.1. The zero-order valence-corrected chi connectivity index (χ0v) is 7.97. The second kappa shape index (κ2) is 4.91. The molecule has 0 aromatic rings. The molecule has 0 aliphatic heterocycles. The Labute approximate surface area is 70.7 Å². The Kier molecular flexibility index (Phi) is 4.97. The van der Waals surface area contributed by atoms with Crippen molar-refractivity contribution < 1.29 is 18.1 Å². The first-order valence-electron chi connectivity index (χ1n) is 2.74. The Hall–Kier alpha value is 0.140. The number of alkyl halides is 1. The van der Waals surface area contributed by atoms with E-state index in [4.69, 9.17) is 11.6 Å². The lowest BCUT2D eigenvalue weighted by Gasteiger charge is -2.14. The summed E-state index contributed by atoms with van der Waals surface area (Å²) < 4.78 is 24.6. The molecule has 0 fully saturated rings. The predicted molar refractivity (Wildman–Crippen MR) is 42.5 cm³/mol. The van der Waals surface area contributed by atoms with E-state index < -0.39 is 13.4 Å². The van der Waals surface area contributed by atoms with Crippen molar-refractivity contribution in [1.82, 2.24) is 0 Å². The fourth-order valence-electron chi connectivity index (χ4n) is 0.327. The van der Waals surface area contributed by atoms with E-state index in [0.717, 1.165) is 0 Å². The fourth-order valence-corrected chi connectivity index (χ4v) is 1.27. The van der Waals surface area contributed by atoms with Crippen LogP contribution in [0.5, 0.6) is 0 Å². The van der Waals surface area contributed by atoms with Crippen molar-refractivity contribution in [3.8, 4) is 0 Å². The van der Waals surface area contributed by atoms with Gasteiger partial charge in [-0.25, -0.2) is 4.57 Å². The van der Waals surface area contributed by atoms with Crippen molar-refractivity contribution in [2.24, 2.45) is 0 Å². The molecule has 11 heavy (non-hydrogen) atoms. The van der Waals surface area contributed by atoms with E-state index in [9.17, 15) is 4.57 Å². The molecule has 0 saturated carbocycles. The molecule has 1 unspecified atom stereocenters. The van der Waals surface area contributed by atoms with Crippen LogP contribution in [0.2, 0.25) is 0 Å². The molecule has 0 N–H and O–H groups in total. The van der Waals surface area contributed by atoms with E-state index in [1.165, 1.54) is 20.3 Å². The summed E-state index contributed by atoms with van der Waals surface area (Å²) in [5, 5.41) is 0. The molecule has 0 aliphatic rings.